The van der Waals surface area contributed by atoms with Crippen LogP contribution in [0.5, 0.6) is 5.75 Å². The summed E-state index contributed by atoms with van der Waals surface area (Å²) in [6.07, 6.45) is 1.54. The fourth-order valence-electron chi connectivity index (χ4n) is 2.69. The molecule has 134 valence electrons. The number of nitrogens with one attached hydrogen (secondary N) is 1. The number of benzene rings is 3. The number of ether oxygens (including phenoxy) is 1. The van der Waals surface area contributed by atoms with Crippen molar-refractivity contribution in [3.63, 3.8) is 0 Å². The first-order valence-electron chi connectivity index (χ1n) is 7.98. The van der Waals surface area contributed by atoms with E-state index in [0.717, 1.165) is 22.1 Å². The Morgan fingerprint density at radius 1 is 1.07 bits per heavy atom. The van der Waals surface area contributed by atoms with Crippen molar-refractivity contribution in [3.05, 3.63) is 75.8 Å². The van der Waals surface area contributed by atoms with E-state index in [9.17, 15) is 10.1 Å². The molecule has 0 aliphatic rings. The monoisotopic (exact) mass is 396 g/mol. The van der Waals surface area contributed by atoms with Crippen molar-refractivity contribution in [1.29, 1.82) is 5.26 Å². The predicted octanol–water partition coefficient (Wildman–Crippen LogP) is 5.70. The third-order valence-corrected chi connectivity index (χ3v) is 4.82. The summed E-state index contributed by atoms with van der Waals surface area (Å²) in [5.41, 5.74) is 1.02. The summed E-state index contributed by atoms with van der Waals surface area (Å²) in [6.45, 7) is 0. The largest absolute Gasteiger partial charge is 0.496 e. The molecule has 3 aromatic rings. The maximum absolute atomic E-state index is 12.5. The van der Waals surface area contributed by atoms with Gasteiger partial charge in [-0.05, 0) is 35.2 Å². The number of nitriles is 1. The quantitative estimate of drug-likeness (QED) is 0.454. The molecule has 0 radical (unpaired) electrons. The van der Waals surface area contributed by atoms with Crippen LogP contribution in [0.25, 0.3) is 16.8 Å². The SMILES string of the molecule is COc1ccc(/C=C(/C#N)C(=O)Nc2cccc(Cl)c2Cl)c2ccccc12. The lowest BCUT2D eigenvalue weighted by atomic mass is 10.0. The van der Waals surface area contributed by atoms with Gasteiger partial charge in [-0.1, -0.05) is 59.6 Å². The number of hydrogen-bond acceptors (Lipinski definition) is 3. The van der Waals surface area contributed by atoms with Gasteiger partial charge in [0.25, 0.3) is 5.91 Å². The molecule has 0 heterocycles. The molecule has 3 aromatic carbocycles. The summed E-state index contributed by atoms with van der Waals surface area (Å²) in [6, 6.07) is 18.1. The molecule has 0 saturated carbocycles. The van der Waals surface area contributed by atoms with Crippen molar-refractivity contribution in [3.8, 4) is 11.8 Å². The second-order valence-corrected chi connectivity index (χ2v) is 6.41. The number of halogens is 2. The Balaban J connectivity index is 2.00. The average Bonchev–Trinajstić information content (AvgIpc) is 2.69. The molecular formula is C21H14Cl2N2O2. The second kappa shape index (κ2) is 8.13. The molecule has 0 aliphatic heterocycles. The number of rotatable bonds is 4. The summed E-state index contributed by atoms with van der Waals surface area (Å²) in [5, 5.41) is 14.4. The van der Waals surface area contributed by atoms with Gasteiger partial charge < -0.3 is 10.1 Å². The predicted molar refractivity (Wildman–Crippen MR) is 109 cm³/mol. The van der Waals surface area contributed by atoms with Crippen molar-refractivity contribution in [2.45, 2.75) is 0 Å². The van der Waals surface area contributed by atoms with Gasteiger partial charge >= 0.3 is 0 Å². The third-order valence-electron chi connectivity index (χ3n) is 4.00. The maximum atomic E-state index is 12.5. The first-order chi connectivity index (χ1) is 13.0. The van der Waals surface area contributed by atoms with Crippen LogP contribution in [0.4, 0.5) is 5.69 Å². The van der Waals surface area contributed by atoms with Gasteiger partial charge in [0.1, 0.15) is 17.4 Å². The first-order valence-corrected chi connectivity index (χ1v) is 8.73. The lowest BCUT2D eigenvalue weighted by Crippen LogP contribution is -2.13. The Labute approximate surface area is 166 Å². The molecule has 0 unspecified atom stereocenters. The zero-order valence-corrected chi connectivity index (χ0v) is 15.8. The van der Waals surface area contributed by atoms with Crippen LogP contribution < -0.4 is 10.1 Å². The van der Waals surface area contributed by atoms with Crippen LogP contribution in [0.1, 0.15) is 5.56 Å². The molecule has 0 aromatic heterocycles. The highest BCUT2D eigenvalue weighted by Crippen LogP contribution is 2.31. The van der Waals surface area contributed by atoms with Crippen molar-refractivity contribution in [1.82, 2.24) is 0 Å². The zero-order chi connectivity index (χ0) is 19.4. The molecule has 1 amide bonds. The van der Waals surface area contributed by atoms with E-state index < -0.39 is 5.91 Å². The average molecular weight is 397 g/mol. The summed E-state index contributed by atoms with van der Waals surface area (Å²) in [4.78, 5) is 12.5. The van der Waals surface area contributed by atoms with E-state index in [2.05, 4.69) is 5.32 Å². The molecule has 3 rings (SSSR count). The van der Waals surface area contributed by atoms with Gasteiger partial charge in [0.2, 0.25) is 0 Å². The number of carbonyl (C=O) groups is 1. The highest BCUT2D eigenvalue weighted by atomic mass is 35.5. The molecule has 0 bridgehead atoms. The minimum atomic E-state index is -0.568. The second-order valence-electron chi connectivity index (χ2n) is 5.63. The number of amides is 1. The summed E-state index contributed by atoms with van der Waals surface area (Å²) in [5.74, 6) is 0.151. The molecular weight excluding hydrogens is 383 g/mol. The number of nitrogens with zero attached hydrogens (tertiary/aromatic N) is 1. The molecule has 27 heavy (non-hydrogen) atoms. The van der Waals surface area contributed by atoms with E-state index in [1.807, 2.05) is 30.3 Å². The van der Waals surface area contributed by atoms with E-state index >= 15 is 0 Å². The van der Waals surface area contributed by atoms with Gasteiger partial charge in [-0.2, -0.15) is 5.26 Å². The van der Waals surface area contributed by atoms with E-state index in [4.69, 9.17) is 27.9 Å². The first kappa shape index (κ1) is 18.8. The zero-order valence-electron chi connectivity index (χ0n) is 14.3. The van der Waals surface area contributed by atoms with Gasteiger partial charge in [0, 0.05) is 5.39 Å². The van der Waals surface area contributed by atoms with Gasteiger partial charge in [-0.3, -0.25) is 4.79 Å². The Morgan fingerprint density at radius 2 is 1.81 bits per heavy atom. The maximum Gasteiger partial charge on any atom is 0.266 e. The van der Waals surface area contributed by atoms with Gasteiger partial charge in [-0.25, -0.2) is 0 Å². The number of hydrogen-bond donors (Lipinski definition) is 1. The molecule has 0 atom stereocenters. The molecule has 0 spiro atoms. The third kappa shape index (κ3) is 3.90. The fraction of sp³-hybridized carbons (Fsp3) is 0.0476. The number of fused-ring (bicyclic) bond motifs is 1. The number of methoxy groups -OCH3 is 1. The van der Waals surface area contributed by atoms with Crippen LogP contribution >= 0.6 is 23.2 Å². The fourth-order valence-corrected chi connectivity index (χ4v) is 3.04. The lowest BCUT2D eigenvalue weighted by Gasteiger charge is -2.09. The van der Waals surface area contributed by atoms with Crippen LogP contribution in [0, 0.1) is 11.3 Å². The summed E-state index contributed by atoms with van der Waals surface area (Å²) < 4.78 is 5.37. The van der Waals surface area contributed by atoms with Crippen LogP contribution in [-0.2, 0) is 4.79 Å². The van der Waals surface area contributed by atoms with E-state index in [1.165, 1.54) is 6.08 Å². The Hall–Kier alpha value is -3.00. The van der Waals surface area contributed by atoms with Crippen molar-refractivity contribution < 1.29 is 9.53 Å². The molecule has 0 fully saturated rings. The minimum absolute atomic E-state index is 0.0543. The molecule has 1 N–H and O–H groups in total. The van der Waals surface area contributed by atoms with Gasteiger partial charge in [0.05, 0.1) is 22.8 Å². The Bertz CT molecular complexity index is 1100. The topological polar surface area (TPSA) is 62.1 Å². The lowest BCUT2D eigenvalue weighted by molar-refractivity contribution is -0.112. The Kier molecular flexibility index (Phi) is 5.66. The Morgan fingerprint density at radius 3 is 2.52 bits per heavy atom. The summed E-state index contributed by atoms with van der Waals surface area (Å²) in [7, 11) is 1.60. The molecule has 0 aliphatic carbocycles. The summed E-state index contributed by atoms with van der Waals surface area (Å²) >= 11 is 12.1. The van der Waals surface area contributed by atoms with Crippen LogP contribution in [0.2, 0.25) is 10.0 Å². The van der Waals surface area contributed by atoms with E-state index in [1.54, 1.807) is 37.4 Å². The van der Waals surface area contributed by atoms with Crippen LogP contribution in [-0.4, -0.2) is 13.0 Å². The van der Waals surface area contributed by atoms with Crippen LogP contribution in [0.15, 0.2) is 60.2 Å². The highest BCUT2D eigenvalue weighted by molar-refractivity contribution is 6.44. The van der Waals surface area contributed by atoms with Crippen molar-refractivity contribution in [2.75, 3.05) is 12.4 Å². The van der Waals surface area contributed by atoms with Gasteiger partial charge in [0.15, 0.2) is 0 Å². The molecule has 4 nitrogen and oxygen atoms in total. The van der Waals surface area contributed by atoms with Gasteiger partial charge in [-0.15, -0.1) is 0 Å². The smallest absolute Gasteiger partial charge is 0.266 e. The van der Waals surface area contributed by atoms with E-state index in [-0.39, 0.29) is 10.6 Å². The standard InChI is InChI=1S/C21H14Cl2N2O2/c1-27-19-10-9-13(15-5-2-3-6-16(15)19)11-14(12-24)21(26)25-18-8-4-7-17(22)20(18)23/h2-11H,1H3,(H,25,26)/b14-11-. The molecule has 0 saturated heterocycles. The normalized spacial score (nSPS) is 11.1. The van der Waals surface area contributed by atoms with E-state index in [0.29, 0.717) is 10.7 Å². The number of carbonyl (C=O) groups excluding carboxylic acids is 1. The van der Waals surface area contributed by atoms with Crippen LogP contribution in [0.3, 0.4) is 0 Å². The minimum Gasteiger partial charge on any atom is -0.496 e. The van der Waals surface area contributed by atoms with Crippen molar-refractivity contribution in [2.24, 2.45) is 0 Å². The highest BCUT2D eigenvalue weighted by Gasteiger charge is 2.14. The molecule has 6 heteroatoms. The van der Waals surface area contributed by atoms with Crippen molar-refractivity contribution >= 4 is 51.6 Å². The number of anilines is 1.